The Kier molecular flexibility index (Phi) is 5.95. The molecular weight excluding hydrogens is 208 g/mol. The van der Waals surface area contributed by atoms with Crippen molar-refractivity contribution in [2.45, 2.75) is 26.2 Å². The van der Waals surface area contributed by atoms with Gasteiger partial charge in [0.15, 0.2) is 5.11 Å². The Balaban J connectivity index is 1.95. The van der Waals surface area contributed by atoms with Gasteiger partial charge < -0.3 is 15.0 Å². The van der Waals surface area contributed by atoms with Crippen LogP contribution >= 0.6 is 12.2 Å². The van der Waals surface area contributed by atoms with Gasteiger partial charge in [0.05, 0.1) is 6.61 Å². The van der Waals surface area contributed by atoms with Crippen molar-refractivity contribution in [1.29, 1.82) is 0 Å². The molecule has 0 aromatic carbocycles. The topological polar surface area (TPSA) is 24.5 Å². The number of rotatable bonds is 7. The standard InChI is InChI=1S/C11H22N2OS/c1-3-6-12-11(15)13(2)7-8-14-9-10-4-5-10/h10H,3-9H2,1-2H3,(H,12,15). The maximum atomic E-state index is 5.55. The third-order valence-corrected chi connectivity index (χ3v) is 2.95. The number of nitrogens with one attached hydrogen (secondary N) is 1. The molecule has 0 unspecified atom stereocenters. The molecule has 4 heteroatoms. The lowest BCUT2D eigenvalue weighted by atomic mass is 10.5. The van der Waals surface area contributed by atoms with E-state index in [1.165, 1.54) is 12.8 Å². The van der Waals surface area contributed by atoms with Crippen LogP contribution in [0, 0.1) is 5.92 Å². The molecular formula is C11H22N2OS. The van der Waals surface area contributed by atoms with Crippen LogP contribution in [0.25, 0.3) is 0 Å². The van der Waals surface area contributed by atoms with Gasteiger partial charge in [-0.2, -0.15) is 0 Å². The van der Waals surface area contributed by atoms with E-state index >= 15 is 0 Å². The second-order valence-corrected chi connectivity index (χ2v) is 4.56. The van der Waals surface area contributed by atoms with Crippen LogP contribution in [0.3, 0.4) is 0 Å². The summed E-state index contributed by atoms with van der Waals surface area (Å²) in [5, 5.41) is 4.02. The van der Waals surface area contributed by atoms with Crippen LogP contribution in [0.15, 0.2) is 0 Å². The van der Waals surface area contributed by atoms with E-state index < -0.39 is 0 Å². The molecule has 15 heavy (non-hydrogen) atoms. The van der Waals surface area contributed by atoms with E-state index in [-0.39, 0.29) is 0 Å². The molecule has 0 aromatic heterocycles. The maximum Gasteiger partial charge on any atom is 0.168 e. The van der Waals surface area contributed by atoms with Gasteiger partial charge >= 0.3 is 0 Å². The Morgan fingerprint density at radius 3 is 2.87 bits per heavy atom. The highest BCUT2D eigenvalue weighted by molar-refractivity contribution is 7.80. The number of nitrogens with zero attached hydrogens (tertiary/aromatic N) is 1. The number of thiocarbonyl (C=S) groups is 1. The minimum Gasteiger partial charge on any atom is -0.379 e. The summed E-state index contributed by atoms with van der Waals surface area (Å²) in [6.45, 7) is 5.67. The monoisotopic (exact) mass is 230 g/mol. The van der Waals surface area contributed by atoms with Gasteiger partial charge in [0.2, 0.25) is 0 Å². The molecule has 1 rings (SSSR count). The number of hydrogen-bond acceptors (Lipinski definition) is 2. The van der Waals surface area contributed by atoms with Gasteiger partial charge in [-0.05, 0) is 37.4 Å². The van der Waals surface area contributed by atoms with Gasteiger partial charge in [0.1, 0.15) is 0 Å². The number of ether oxygens (including phenoxy) is 1. The summed E-state index contributed by atoms with van der Waals surface area (Å²) >= 11 is 5.21. The smallest absolute Gasteiger partial charge is 0.168 e. The van der Waals surface area contributed by atoms with E-state index in [9.17, 15) is 0 Å². The fraction of sp³-hybridized carbons (Fsp3) is 0.909. The van der Waals surface area contributed by atoms with Crippen molar-refractivity contribution in [2.75, 3.05) is 33.4 Å². The first-order valence-corrected chi connectivity index (χ1v) is 6.21. The van der Waals surface area contributed by atoms with Crippen molar-refractivity contribution >= 4 is 17.3 Å². The fourth-order valence-electron chi connectivity index (χ4n) is 1.20. The normalized spacial score (nSPS) is 15.1. The molecule has 1 aliphatic rings. The quantitative estimate of drug-likeness (QED) is 0.531. The van der Waals surface area contributed by atoms with Gasteiger partial charge in [0.25, 0.3) is 0 Å². The van der Waals surface area contributed by atoms with Crippen molar-refractivity contribution in [3.8, 4) is 0 Å². The first-order chi connectivity index (χ1) is 7.24. The van der Waals surface area contributed by atoms with Crippen molar-refractivity contribution in [3.63, 3.8) is 0 Å². The summed E-state index contributed by atoms with van der Waals surface area (Å²) in [7, 11) is 2.01. The molecule has 0 atom stereocenters. The molecule has 0 bridgehead atoms. The molecule has 1 aliphatic carbocycles. The van der Waals surface area contributed by atoms with Gasteiger partial charge in [-0.3, -0.25) is 0 Å². The predicted molar refractivity (Wildman–Crippen MR) is 67.1 cm³/mol. The van der Waals surface area contributed by atoms with Crippen molar-refractivity contribution < 1.29 is 4.74 Å². The van der Waals surface area contributed by atoms with E-state index in [1.54, 1.807) is 0 Å². The minimum atomic E-state index is 0.779. The van der Waals surface area contributed by atoms with Gasteiger partial charge in [-0.25, -0.2) is 0 Å². The SMILES string of the molecule is CCCNC(=S)N(C)CCOCC1CC1. The van der Waals surface area contributed by atoms with Crippen LogP contribution in [-0.4, -0.2) is 43.4 Å². The lowest BCUT2D eigenvalue weighted by Gasteiger charge is -2.20. The third-order valence-electron chi connectivity index (χ3n) is 2.49. The fourth-order valence-corrected chi connectivity index (χ4v) is 1.40. The Morgan fingerprint density at radius 2 is 2.27 bits per heavy atom. The second kappa shape index (κ2) is 7.01. The van der Waals surface area contributed by atoms with Gasteiger partial charge in [-0.15, -0.1) is 0 Å². The highest BCUT2D eigenvalue weighted by Crippen LogP contribution is 2.28. The molecule has 1 saturated carbocycles. The zero-order valence-corrected chi connectivity index (χ0v) is 10.6. The molecule has 1 fully saturated rings. The zero-order chi connectivity index (χ0) is 11.1. The van der Waals surface area contributed by atoms with Crippen LogP contribution in [0.5, 0.6) is 0 Å². The molecule has 0 heterocycles. The number of hydrogen-bond donors (Lipinski definition) is 1. The van der Waals surface area contributed by atoms with E-state index in [1.807, 2.05) is 11.9 Å². The average molecular weight is 230 g/mol. The lowest BCUT2D eigenvalue weighted by Crippen LogP contribution is -2.39. The molecule has 88 valence electrons. The van der Waals surface area contributed by atoms with E-state index in [2.05, 4.69) is 12.2 Å². The number of likely N-dealkylation sites (N-methyl/N-ethyl adjacent to an activating group) is 1. The van der Waals surface area contributed by atoms with Crippen LogP contribution in [-0.2, 0) is 4.74 Å². The van der Waals surface area contributed by atoms with Crippen LogP contribution in [0.2, 0.25) is 0 Å². The van der Waals surface area contributed by atoms with Crippen molar-refractivity contribution in [3.05, 3.63) is 0 Å². The summed E-state index contributed by atoms with van der Waals surface area (Å²) in [5.74, 6) is 0.848. The minimum absolute atomic E-state index is 0.779. The lowest BCUT2D eigenvalue weighted by molar-refractivity contribution is 0.115. The largest absolute Gasteiger partial charge is 0.379 e. The Labute approximate surface area is 98.2 Å². The molecule has 1 N–H and O–H groups in total. The first kappa shape index (κ1) is 12.7. The van der Waals surface area contributed by atoms with Crippen LogP contribution in [0.4, 0.5) is 0 Å². The molecule has 0 amide bonds. The highest BCUT2D eigenvalue weighted by atomic mass is 32.1. The zero-order valence-electron chi connectivity index (χ0n) is 9.79. The van der Waals surface area contributed by atoms with Crippen LogP contribution < -0.4 is 5.32 Å². The van der Waals surface area contributed by atoms with E-state index in [4.69, 9.17) is 17.0 Å². The summed E-state index contributed by atoms with van der Waals surface area (Å²) < 4.78 is 5.55. The maximum absolute atomic E-state index is 5.55. The Hall–Kier alpha value is -0.350. The summed E-state index contributed by atoms with van der Waals surface area (Å²) in [6, 6.07) is 0. The molecule has 0 spiro atoms. The Morgan fingerprint density at radius 1 is 1.53 bits per heavy atom. The summed E-state index contributed by atoms with van der Waals surface area (Å²) in [6.07, 6.45) is 3.81. The molecule has 0 radical (unpaired) electrons. The molecule has 0 aliphatic heterocycles. The van der Waals surface area contributed by atoms with Gasteiger partial charge in [-0.1, -0.05) is 6.92 Å². The van der Waals surface area contributed by atoms with E-state index in [0.29, 0.717) is 0 Å². The molecule has 0 aromatic rings. The first-order valence-electron chi connectivity index (χ1n) is 5.80. The highest BCUT2D eigenvalue weighted by Gasteiger charge is 2.20. The summed E-state index contributed by atoms with van der Waals surface area (Å²) in [4.78, 5) is 2.04. The predicted octanol–water partition coefficient (Wildman–Crippen LogP) is 1.63. The third kappa shape index (κ3) is 5.95. The second-order valence-electron chi connectivity index (χ2n) is 4.17. The van der Waals surface area contributed by atoms with Crippen molar-refractivity contribution in [1.82, 2.24) is 10.2 Å². The average Bonchev–Trinajstić information content (AvgIpc) is 3.04. The molecule has 3 nitrogen and oxygen atoms in total. The molecule has 0 saturated heterocycles. The summed E-state index contributed by atoms with van der Waals surface area (Å²) in [5.41, 5.74) is 0. The Bertz CT molecular complexity index is 195. The van der Waals surface area contributed by atoms with Crippen molar-refractivity contribution in [2.24, 2.45) is 5.92 Å². The van der Waals surface area contributed by atoms with Gasteiger partial charge in [0, 0.05) is 26.7 Å². The van der Waals surface area contributed by atoms with Crippen LogP contribution in [0.1, 0.15) is 26.2 Å². The van der Waals surface area contributed by atoms with E-state index in [0.717, 1.165) is 43.8 Å².